The molecular weight excluding hydrogens is 180 g/mol. The molecule has 0 bridgehead atoms. The molecule has 2 saturated heterocycles. The van der Waals surface area contributed by atoms with Crippen LogP contribution >= 0.6 is 0 Å². The van der Waals surface area contributed by atoms with Gasteiger partial charge in [0, 0.05) is 6.54 Å². The third kappa shape index (κ3) is 1.71. The molecule has 2 aliphatic rings. The van der Waals surface area contributed by atoms with E-state index in [0.29, 0.717) is 18.6 Å². The van der Waals surface area contributed by atoms with E-state index in [1.165, 1.54) is 0 Å². The van der Waals surface area contributed by atoms with Crippen molar-refractivity contribution in [2.45, 2.75) is 25.8 Å². The standard InChI is InChI=1S/C10H18N2O2/c1-2-12-9(7-14-10(12)13)8-3-5-11-6-4-8/h8-9,11H,2-7H2,1H3. The van der Waals surface area contributed by atoms with Gasteiger partial charge in [0.25, 0.3) is 0 Å². The maximum Gasteiger partial charge on any atom is 0.410 e. The quantitative estimate of drug-likeness (QED) is 0.714. The number of likely N-dealkylation sites (N-methyl/N-ethyl adjacent to an activating group) is 1. The Morgan fingerprint density at radius 2 is 2.21 bits per heavy atom. The number of carbonyl (C=O) groups is 1. The molecule has 80 valence electrons. The lowest BCUT2D eigenvalue weighted by Crippen LogP contribution is -2.43. The molecule has 0 aliphatic carbocycles. The van der Waals surface area contributed by atoms with E-state index in [4.69, 9.17) is 4.74 Å². The number of cyclic esters (lactones) is 1. The molecule has 0 radical (unpaired) electrons. The van der Waals surface area contributed by atoms with Crippen LogP contribution < -0.4 is 5.32 Å². The Labute approximate surface area is 84.6 Å². The Hall–Kier alpha value is -0.770. The van der Waals surface area contributed by atoms with Gasteiger partial charge in [-0.15, -0.1) is 0 Å². The van der Waals surface area contributed by atoms with Crippen molar-refractivity contribution in [3.05, 3.63) is 0 Å². The maximum absolute atomic E-state index is 11.3. The highest BCUT2D eigenvalue weighted by Crippen LogP contribution is 2.25. The Bertz CT molecular complexity index is 214. The number of rotatable bonds is 2. The minimum atomic E-state index is -0.129. The first-order valence-corrected chi connectivity index (χ1v) is 5.47. The molecule has 0 aromatic carbocycles. The van der Waals surface area contributed by atoms with Crippen molar-refractivity contribution in [3.8, 4) is 0 Å². The summed E-state index contributed by atoms with van der Waals surface area (Å²) in [5.74, 6) is 0.627. The van der Waals surface area contributed by atoms with Gasteiger partial charge in [0.05, 0.1) is 6.04 Å². The molecule has 1 N–H and O–H groups in total. The molecule has 0 spiro atoms. The van der Waals surface area contributed by atoms with Crippen LogP contribution in [0.15, 0.2) is 0 Å². The molecule has 1 atom stereocenters. The number of nitrogens with one attached hydrogen (secondary N) is 1. The van der Waals surface area contributed by atoms with Crippen LogP contribution in [-0.4, -0.2) is 43.3 Å². The minimum absolute atomic E-state index is 0.129. The molecule has 1 unspecified atom stereocenters. The summed E-state index contributed by atoms with van der Waals surface area (Å²) in [6.45, 7) is 5.53. The summed E-state index contributed by atoms with van der Waals surface area (Å²) in [4.78, 5) is 13.2. The minimum Gasteiger partial charge on any atom is -0.447 e. The number of carbonyl (C=O) groups excluding carboxylic acids is 1. The third-order valence-electron chi connectivity index (χ3n) is 3.28. The van der Waals surface area contributed by atoms with Crippen LogP contribution in [0.3, 0.4) is 0 Å². The Morgan fingerprint density at radius 1 is 1.50 bits per heavy atom. The van der Waals surface area contributed by atoms with Gasteiger partial charge in [-0.2, -0.15) is 0 Å². The number of nitrogens with zero attached hydrogens (tertiary/aromatic N) is 1. The van der Waals surface area contributed by atoms with Gasteiger partial charge in [0.2, 0.25) is 0 Å². The molecule has 14 heavy (non-hydrogen) atoms. The van der Waals surface area contributed by atoms with Gasteiger partial charge in [0.15, 0.2) is 0 Å². The van der Waals surface area contributed by atoms with Crippen LogP contribution in [0.1, 0.15) is 19.8 Å². The van der Waals surface area contributed by atoms with E-state index in [1.54, 1.807) is 0 Å². The average molecular weight is 198 g/mol. The Morgan fingerprint density at radius 3 is 2.86 bits per heavy atom. The molecule has 0 saturated carbocycles. The fraction of sp³-hybridized carbons (Fsp3) is 0.900. The zero-order valence-electron chi connectivity index (χ0n) is 8.66. The molecule has 0 aromatic heterocycles. The molecule has 1 amide bonds. The van der Waals surface area contributed by atoms with Crippen LogP contribution in [0.4, 0.5) is 4.79 Å². The number of amides is 1. The maximum atomic E-state index is 11.3. The van der Waals surface area contributed by atoms with Gasteiger partial charge in [-0.25, -0.2) is 4.79 Å². The first-order valence-electron chi connectivity index (χ1n) is 5.47. The number of ether oxygens (including phenoxy) is 1. The molecule has 2 fully saturated rings. The van der Waals surface area contributed by atoms with E-state index >= 15 is 0 Å². The summed E-state index contributed by atoms with van der Waals surface area (Å²) < 4.78 is 5.09. The third-order valence-corrected chi connectivity index (χ3v) is 3.28. The lowest BCUT2D eigenvalue weighted by atomic mass is 9.90. The molecule has 0 aromatic rings. The van der Waals surface area contributed by atoms with E-state index in [2.05, 4.69) is 5.32 Å². The number of hydrogen-bond donors (Lipinski definition) is 1. The lowest BCUT2D eigenvalue weighted by Gasteiger charge is -2.31. The lowest BCUT2D eigenvalue weighted by molar-refractivity contribution is 0.156. The van der Waals surface area contributed by atoms with Gasteiger partial charge in [-0.3, -0.25) is 0 Å². The van der Waals surface area contributed by atoms with Crippen LogP contribution in [0.2, 0.25) is 0 Å². The van der Waals surface area contributed by atoms with Crippen molar-refractivity contribution < 1.29 is 9.53 Å². The van der Waals surface area contributed by atoms with Gasteiger partial charge < -0.3 is 15.0 Å². The summed E-state index contributed by atoms with van der Waals surface area (Å²) in [5, 5.41) is 3.34. The van der Waals surface area contributed by atoms with Crippen molar-refractivity contribution in [3.63, 3.8) is 0 Å². The van der Waals surface area contributed by atoms with Crippen molar-refractivity contribution in [2.75, 3.05) is 26.2 Å². The fourth-order valence-corrected chi connectivity index (χ4v) is 2.45. The smallest absolute Gasteiger partial charge is 0.410 e. The predicted molar refractivity (Wildman–Crippen MR) is 53.1 cm³/mol. The van der Waals surface area contributed by atoms with E-state index in [-0.39, 0.29) is 6.09 Å². The van der Waals surface area contributed by atoms with E-state index < -0.39 is 0 Å². The first kappa shape index (κ1) is 9.77. The molecule has 4 heteroatoms. The second-order valence-corrected chi connectivity index (χ2v) is 4.02. The summed E-state index contributed by atoms with van der Waals surface area (Å²) in [6, 6.07) is 0.328. The van der Waals surface area contributed by atoms with E-state index in [1.807, 2.05) is 11.8 Å². The Balaban J connectivity index is 1.98. The Kier molecular flexibility index (Phi) is 2.91. The van der Waals surface area contributed by atoms with Crippen molar-refractivity contribution in [1.29, 1.82) is 0 Å². The zero-order chi connectivity index (χ0) is 9.97. The van der Waals surface area contributed by atoms with Crippen molar-refractivity contribution >= 4 is 6.09 Å². The van der Waals surface area contributed by atoms with Gasteiger partial charge >= 0.3 is 6.09 Å². The van der Waals surface area contributed by atoms with Crippen LogP contribution in [0.25, 0.3) is 0 Å². The molecule has 2 aliphatic heterocycles. The molecule has 4 nitrogen and oxygen atoms in total. The molecule has 2 heterocycles. The summed E-state index contributed by atoms with van der Waals surface area (Å²) in [6.07, 6.45) is 2.20. The van der Waals surface area contributed by atoms with Crippen molar-refractivity contribution in [1.82, 2.24) is 10.2 Å². The SMILES string of the molecule is CCN1C(=O)OCC1C1CCNCC1. The highest BCUT2D eigenvalue weighted by molar-refractivity contribution is 5.70. The average Bonchev–Trinajstić information content (AvgIpc) is 2.61. The number of hydrogen-bond acceptors (Lipinski definition) is 3. The first-order chi connectivity index (χ1) is 6.83. The summed E-state index contributed by atoms with van der Waals surface area (Å²) in [7, 11) is 0. The summed E-state index contributed by atoms with van der Waals surface area (Å²) >= 11 is 0. The highest BCUT2D eigenvalue weighted by Gasteiger charge is 2.37. The van der Waals surface area contributed by atoms with Crippen LogP contribution in [-0.2, 0) is 4.74 Å². The second kappa shape index (κ2) is 4.17. The normalized spacial score (nSPS) is 29.4. The highest BCUT2D eigenvalue weighted by atomic mass is 16.6. The van der Waals surface area contributed by atoms with Gasteiger partial charge in [-0.05, 0) is 38.8 Å². The molecular formula is C10H18N2O2. The largest absolute Gasteiger partial charge is 0.447 e. The molecule has 2 rings (SSSR count). The van der Waals surface area contributed by atoms with Crippen molar-refractivity contribution in [2.24, 2.45) is 5.92 Å². The zero-order valence-corrected chi connectivity index (χ0v) is 8.66. The van der Waals surface area contributed by atoms with Crippen LogP contribution in [0, 0.1) is 5.92 Å². The predicted octanol–water partition coefficient (Wildman–Crippen LogP) is 0.827. The van der Waals surface area contributed by atoms with Gasteiger partial charge in [-0.1, -0.05) is 0 Å². The van der Waals surface area contributed by atoms with Crippen LogP contribution in [0.5, 0.6) is 0 Å². The van der Waals surface area contributed by atoms with E-state index in [9.17, 15) is 4.79 Å². The topological polar surface area (TPSA) is 41.6 Å². The summed E-state index contributed by atoms with van der Waals surface area (Å²) in [5.41, 5.74) is 0. The van der Waals surface area contributed by atoms with E-state index in [0.717, 1.165) is 32.5 Å². The van der Waals surface area contributed by atoms with Gasteiger partial charge in [0.1, 0.15) is 6.61 Å². The fourth-order valence-electron chi connectivity index (χ4n) is 2.45. The second-order valence-electron chi connectivity index (χ2n) is 4.02. The number of piperidine rings is 1. The monoisotopic (exact) mass is 198 g/mol.